The van der Waals surface area contributed by atoms with Crippen molar-refractivity contribution in [2.24, 2.45) is 0 Å². The molecule has 11 heteroatoms. The summed E-state index contributed by atoms with van der Waals surface area (Å²) in [5, 5.41) is 10.5. The van der Waals surface area contributed by atoms with Crippen LogP contribution in [0.1, 0.15) is 35.1 Å². The van der Waals surface area contributed by atoms with E-state index in [1.165, 1.54) is 31.6 Å². The van der Waals surface area contributed by atoms with Crippen LogP contribution in [0.4, 0.5) is 24.7 Å². The predicted molar refractivity (Wildman–Crippen MR) is 127 cm³/mol. The molecule has 1 amide bonds. The summed E-state index contributed by atoms with van der Waals surface area (Å²) in [5.41, 5.74) is 1.65. The molecule has 4 aromatic rings. The van der Waals surface area contributed by atoms with Crippen LogP contribution in [-0.4, -0.2) is 46.3 Å². The molecule has 8 nitrogen and oxygen atoms in total. The maximum absolute atomic E-state index is 13.5. The summed E-state index contributed by atoms with van der Waals surface area (Å²) in [4.78, 5) is 23.6. The van der Waals surface area contributed by atoms with Crippen LogP contribution in [0.15, 0.2) is 61.1 Å². The normalized spacial score (nSPS) is 16.2. The van der Waals surface area contributed by atoms with Gasteiger partial charge in [0.05, 0.1) is 17.1 Å². The van der Waals surface area contributed by atoms with Gasteiger partial charge in [-0.05, 0) is 24.1 Å². The number of ether oxygens (including phenoxy) is 1. The highest BCUT2D eigenvalue weighted by Crippen LogP contribution is 2.43. The molecule has 1 aliphatic heterocycles. The highest BCUT2D eigenvalue weighted by atomic mass is 19.4. The fourth-order valence-corrected chi connectivity index (χ4v) is 4.73. The third-order valence-corrected chi connectivity index (χ3v) is 6.37. The Morgan fingerprint density at radius 1 is 1.19 bits per heavy atom. The van der Waals surface area contributed by atoms with Crippen molar-refractivity contribution in [2.45, 2.75) is 24.6 Å². The Morgan fingerprint density at radius 2 is 1.97 bits per heavy atom. The van der Waals surface area contributed by atoms with Crippen molar-refractivity contribution in [3.8, 4) is 0 Å². The molecule has 0 spiro atoms. The second-order valence-corrected chi connectivity index (χ2v) is 8.48. The summed E-state index contributed by atoms with van der Waals surface area (Å²) in [5.74, 6) is 0.186. The number of carbonyl (C=O) groups excluding carboxylic acids is 1. The minimum Gasteiger partial charge on any atom is -0.367 e. The maximum Gasteiger partial charge on any atom is 0.416 e. The molecule has 2 atom stereocenters. The Balaban J connectivity index is 1.30. The van der Waals surface area contributed by atoms with Gasteiger partial charge in [-0.3, -0.25) is 9.89 Å². The average Bonchev–Trinajstić information content (AvgIpc) is 3.49. The van der Waals surface area contributed by atoms with Gasteiger partial charge in [-0.15, -0.1) is 0 Å². The molecule has 3 heterocycles. The zero-order valence-electron chi connectivity index (χ0n) is 19.3. The minimum absolute atomic E-state index is 0.0712. The van der Waals surface area contributed by atoms with E-state index < -0.39 is 23.8 Å². The standard InChI is InChI=1S/C25H23F3N6O2/c1-36-21(17-7-2-4-8-19(17)25(26,27)28)24(35)29-11-10-15-13-34(20-9-5-3-6-16(15)20)23-18-12-32-33-22(18)30-14-31-23/h2-9,12,14-15,21H,10-11,13H2,1H3,(H,29,35)(H,30,31,32,33). The third-order valence-electron chi connectivity index (χ3n) is 6.37. The van der Waals surface area contributed by atoms with E-state index in [-0.39, 0.29) is 18.0 Å². The van der Waals surface area contributed by atoms with Crippen molar-refractivity contribution in [3.63, 3.8) is 0 Å². The SMILES string of the molecule is COC(C(=O)NCCC1CN(c2ncnc3[nH]ncc23)c2ccccc21)c1ccccc1C(F)(F)F. The van der Waals surface area contributed by atoms with Crippen molar-refractivity contribution in [1.82, 2.24) is 25.5 Å². The van der Waals surface area contributed by atoms with E-state index >= 15 is 0 Å². The van der Waals surface area contributed by atoms with Crippen molar-refractivity contribution in [1.29, 1.82) is 0 Å². The van der Waals surface area contributed by atoms with Crippen molar-refractivity contribution >= 4 is 28.4 Å². The van der Waals surface area contributed by atoms with Crippen LogP contribution in [0.25, 0.3) is 11.0 Å². The van der Waals surface area contributed by atoms with E-state index in [1.807, 2.05) is 24.3 Å². The number of methoxy groups -OCH3 is 1. The largest absolute Gasteiger partial charge is 0.416 e. The van der Waals surface area contributed by atoms with Gasteiger partial charge in [-0.1, -0.05) is 36.4 Å². The molecule has 0 bridgehead atoms. The fourth-order valence-electron chi connectivity index (χ4n) is 4.73. The van der Waals surface area contributed by atoms with Crippen LogP contribution in [-0.2, 0) is 15.7 Å². The van der Waals surface area contributed by atoms with Crippen LogP contribution in [0.2, 0.25) is 0 Å². The lowest BCUT2D eigenvalue weighted by Gasteiger charge is -2.21. The fraction of sp³-hybridized carbons (Fsp3) is 0.280. The molecule has 2 aromatic carbocycles. The lowest BCUT2D eigenvalue weighted by atomic mass is 9.97. The van der Waals surface area contributed by atoms with Crippen LogP contribution < -0.4 is 10.2 Å². The number of nitrogens with zero attached hydrogens (tertiary/aromatic N) is 4. The molecule has 1 aliphatic rings. The van der Waals surface area contributed by atoms with Gasteiger partial charge in [0.25, 0.3) is 5.91 Å². The number of rotatable bonds is 7. The number of benzene rings is 2. The van der Waals surface area contributed by atoms with Gasteiger partial charge in [-0.2, -0.15) is 18.3 Å². The maximum atomic E-state index is 13.5. The van der Waals surface area contributed by atoms with Crippen molar-refractivity contribution < 1.29 is 22.7 Å². The first kappa shape index (κ1) is 23.7. The Kier molecular flexibility index (Phi) is 6.31. The third kappa shape index (κ3) is 4.37. The van der Waals surface area contributed by atoms with Gasteiger partial charge < -0.3 is 15.0 Å². The van der Waals surface area contributed by atoms with E-state index in [4.69, 9.17) is 4.74 Å². The number of aromatic nitrogens is 4. The molecular weight excluding hydrogens is 473 g/mol. The van der Waals surface area contributed by atoms with E-state index in [1.54, 1.807) is 6.20 Å². The number of alkyl halides is 3. The number of halogens is 3. The number of aromatic amines is 1. The zero-order valence-corrected chi connectivity index (χ0v) is 19.3. The van der Waals surface area contributed by atoms with Crippen molar-refractivity contribution in [2.75, 3.05) is 25.1 Å². The molecule has 186 valence electrons. The van der Waals surface area contributed by atoms with Crippen LogP contribution in [0.3, 0.4) is 0 Å². The van der Waals surface area contributed by atoms with Gasteiger partial charge in [0.1, 0.15) is 12.1 Å². The summed E-state index contributed by atoms with van der Waals surface area (Å²) in [6, 6.07) is 12.9. The van der Waals surface area contributed by atoms with E-state index in [9.17, 15) is 18.0 Å². The van der Waals surface area contributed by atoms with Gasteiger partial charge in [0.15, 0.2) is 11.8 Å². The number of fused-ring (bicyclic) bond motifs is 2. The minimum atomic E-state index is -4.59. The Bertz CT molecular complexity index is 1390. The molecular formula is C25H23F3N6O2. The second-order valence-electron chi connectivity index (χ2n) is 8.48. The zero-order chi connectivity index (χ0) is 25.3. The van der Waals surface area contributed by atoms with Crippen LogP contribution in [0, 0.1) is 0 Å². The number of H-pyrrole nitrogens is 1. The van der Waals surface area contributed by atoms with E-state index in [0.717, 1.165) is 28.5 Å². The Hall–Kier alpha value is -3.99. The molecule has 0 saturated carbocycles. The lowest BCUT2D eigenvalue weighted by Crippen LogP contribution is -2.33. The highest BCUT2D eigenvalue weighted by Gasteiger charge is 2.37. The van der Waals surface area contributed by atoms with Crippen molar-refractivity contribution in [3.05, 3.63) is 77.7 Å². The lowest BCUT2D eigenvalue weighted by molar-refractivity contribution is -0.141. The molecule has 36 heavy (non-hydrogen) atoms. The number of para-hydroxylation sites is 1. The molecule has 0 aliphatic carbocycles. The average molecular weight is 496 g/mol. The van der Waals surface area contributed by atoms with Gasteiger partial charge in [-0.25, -0.2) is 9.97 Å². The van der Waals surface area contributed by atoms with Crippen LogP contribution in [0.5, 0.6) is 0 Å². The van der Waals surface area contributed by atoms with Gasteiger partial charge in [0.2, 0.25) is 0 Å². The molecule has 2 N–H and O–H groups in total. The number of anilines is 2. The number of amides is 1. The number of hydrogen-bond acceptors (Lipinski definition) is 6. The molecule has 0 radical (unpaired) electrons. The summed E-state index contributed by atoms with van der Waals surface area (Å²) in [7, 11) is 1.22. The molecule has 2 unspecified atom stereocenters. The first-order valence-electron chi connectivity index (χ1n) is 11.4. The monoisotopic (exact) mass is 496 g/mol. The summed E-state index contributed by atoms with van der Waals surface area (Å²) in [6.45, 7) is 0.891. The quantitative estimate of drug-likeness (QED) is 0.391. The molecule has 2 aromatic heterocycles. The van der Waals surface area contributed by atoms with E-state index in [2.05, 4.69) is 30.4 Å². The Morgan fingerprint density at radius 3 is 2.78 bits per heavy atom. The summed E-state index contributed by atoms with van der Waals surface area (Å²) in [6.07, 6.45) is -2.21. The predicted octanol–water partition coefficient (Wildman–Crippen LogP) is 4.50. The molecule has 0 saturated heterocycles. The smallest absolute Gasteiger partial charge is 0.367 e. The number of hydrogen-bond donors (Lipinski definition) is 2. The highest BCUT2D eigenvalue weighted by molar-refractivity contribution is 5.90. The topological polar surface area (TPSA) is 96.0 Å². The second kappa shape index (κ2) is 9.57. The van der Waals surface area contributed by atoms with Gasteiger partial charge in [0, 0.05) is 37.4 Å². The molecule has 5 rings (SSSR count). The first-order chi connectivity index (χ1) is 17.4. The van der Waals surface area contributed by atoms with E-state index in [0.29, 0.717) is 18.6 Å². The Labute approximate surface area is 204 Å². The first-order valence-corrected chi connectivity index (χ1v) is 11.4. The summed E-state index contributed by atoms with van der Waals surface area (Å²) >= 11 is 0. The van der Waals surface area contributed by atoms with Gasteiger partial charge >= 0.3 is 6.18 Å². The summed E-state index contributed by atoms with van der Waals surface area (Å²) < 4.78 is 45.5. The van der Waals surface area contributed by atoms with Crippen LogP contribution >= 0.6 is 0 Å². The molecule has 0 fully saturated rings. The number of carbonyl (C=O) groups is 1. The number of nitrogens with one attached hydrogen (secondary N) is 2.